The van der Waals surface area contributed by atoms with Crippen LogP contribution in [0.15, 0.2) is 42.5 Å². The summed E-state index contributed by atoms with van der Waals surface area (Å²) in [7, 11) is -1.89. The fourth-order valence-corrected chi connectivity index (χ4v) is 3.51. The van der Waals surface area contributed by atoms with Crippen molar-refractivity contribution in [2.24, 2.45) is 0 Å². The third kappa shape index (κ3) is 4.90. The lowest BCUT2D eigenvalue weighted by Crippen LogP contribution is -2.18. The number of benzene rings is 2. The second-order valence-corrected chi connectivity index (χ2v) is 9.69. The minimum absolute atomic E-state index is 0.193. The number of phenols is 1. The Bertz CT molecular complexity index is 718. The van der Waals surface area contributed by atoms with Crippen LogP contribution in [0.2, 0.25) is 0 Å². The molecule has 0 aliphatic heterocycles. The predicted octanol–water partition coefficient (Wildman–Crippen LogP) is 5.57. The monoisotopic (exact) mass is 359 g/mol. The van der Waals surface area contributed by atoms with Gasteiger partial charge in [0.05, 0.1) is 0 Å². The highest BCUT2D eigenvalue weighted by Gasteiger charge is 2.28. The zero-order valence-electron chi connectivity index (χ0n) is 16.0. The molecule has 0 radical (unpaired) electrons. The summed E-state index contributed by atoms with van der Waals surface area (Å²) in [4.78, 5) is 0. The standard InChI is InChI=1S/C21H27O3P/c1-20(2,3)17-12-15(13-18(19(17)22)21(4,5)6)14-24-25(23)16-10-8-7-9-11-16/h7-13H,14H2,1-6H3/p+1. The Morgan fingerprint density at radius 3 is 1.84 bits per heavy atom. The van der Waals surface area contributed by atoms with Gasteiger partial charge in [0.1, 0.15) is 12.4 Å². The zero-order chi connectivity index (χ0) is 18.8. The van der Waals surface area contributed by atoms with Crippen molar-refractivity contribution in [3.05, 3.63) is 59.2 Å². The fourth-order valence-electron chi connectivity index (χ4n) is 2.68. The normalized spacial score (nSPS) is 13.0. The Morgan fingerprint density at radius 2 is 1.40 bits per heavy atom. The van der Waals surface area contributed by atoms with Crippen LogP contribution in [0.25, 0.3) is 0 Å². The molecule has 0 amide bonds. The van der Waals surface area contributed by atoms with Crippen LogP contribution in [0.1, 0.15) is 58.2 Å². The quantitative estimate of drug-likeness (QED) is 0.726. The Morgan fingerprint density at radius 1 is 0.920 bits per heavy atom. The Kier molecular flexibility index (Phi) is 5.71. The molecule has 2 aromatic rings. The van der Waals surface area contributed by atoms with Crippen LogP contribution in [0, 0.1) is 0 Å². The highest BCUT2D eigenvalue weighted by atomic mass is 31.1. The van der Waals surface area contributed by atoms with Gasteiger partial charge in [-0.15, -0.1) is 4.52 Å². The Balaban J connectivity index is 2.33. The predicted molar refractivity (Wildman–Crippen MR) is 104 cm³/mol. The van der Waals surface area contributed by atoms with E-state index in [4.69, 9.17) is 4.52 Å². The van der Waals surface area contributed by atoms with Gasteiger partial charge in [0.25, 0.3) is 0 Å². The number of hydrogen-bond donors (Lipinski definition) is 1. The van der Waals surface area contributed by atoms with E-state index in [1.165, 1.54) is 0 Å². The highest BCUT2D eigenvalue weighted by Crippen LogP contribution is 2.40. The van der Waals surface area contributed by atoms with Gasteiger partial charge in [-0.05, 0) is 56.4 Å². The van der Waals surface area contributed by atoms with E-state index in [2.05, 4.69) is 41.5 Å². The van der Waals surface area contributed by atoms with Gasteiger partial charge in [0.2, 0.25) is 5.30 Å². The molecule has 3 nitrogen and oxygen atoms in total. The van der Waals surface area contributed by atoms with Gasteiger partial charge in [0.15, 0.2) is 0 Å². The summed E-state index contributed by atoms with van der Waals surface area (Å²) in [5, 5.41) is 11.4. The first-order valence-corrected chi connectivity index (χ1v) is 9.70. The summed E-state index contributed by atoms with van der Waals surface area (Å²) in [6.07, 6.45) is 0. The average molecular weight is 359 g/mol. The second kappa shape index (κ2) is 7.27. The van der Waals surface area contributed by atoms with E-state index in [1.807, 2.05) is 30.3 Å². The first-order valence-electron chi connectivity index (χ1n) is 8.52. The van der Waals surface area contributed by atoms with Crippen LogP contribution in [0.5, 0.6) is 5.75 Å². The smallest absolute Gasteiger partial charge is 0.507 e. The van der Waals surface area contributed by atoms with E-state index in [0.29, 0.717) is 11.1 Å². The molecule has 1 unspecified atom stereocenters. The number of phenolic OH excluding ortho intramolecular Hbond substituents is 1. The topological polar surface area (TPSA) is 46.5 Å². The molecule has 2 rings (SSSR count). The molecule has 0 saturated carbocycles. The molecule has 0 saturated heterocycles. The molecule has 0 heterocycles. The summed E-state index contributed by atoms with van der Waals surface area (Å²) >= 11 is 0. The van der Waals surface area contributed by atoms with Crippen molar-refractivity contribution in [3.63, 3.8) is 0 Å². The van der Waals surface area contributed by atoms with Crippen molar-refractivity contribution in [1.82, 2.24) is 0 Å². The van der Waals surface area contributed by atoms with Gasteiger partial charge >= 0.3 is 8.03 Å². The first-order chi connectivity index (χ1) is 11.5. The number of aromatic hydroxyl groups is 1. The SMILES string of the molecule is CC(C)(C)c1cc(CO[P+](=O)c2ccccc2)cc(C(C)(C)C)c1O. The molecule has 2 aromatic carbocycles. The van der Waals surface area contributed by atoms with Crippen molar-refractivity contribution in [2.45, 2.75) is 59.0 Å². The van der Waals surface area contributed by atoms with Gasteiger partial charge in [-0.3, -0.25) is 0 Å². The summed E-state index contributed by atoms with van der Waals surface area (Å²) < 4.78 is 17.9. The maximum Gasteiger partial charge on any atom is 0.549 e. The average Bonchev–Trinajstić information content (AvgIpc) is 2.52. The van der Waals surface area contributed by atoms with Crippen LogP contribution in [-0.4, -0.2) is 5.11 Å². The van der Waals surface area contributed by atoms with E-state index in [1.54, 1.807) is 12.1 Å². The summed E-state index contributed by atoms with van der Waals surface area (Å²) in [6, 6.07) is 13.1. The zero-order valence-corrected chi connectivity index (χ0v) is 16.9. The second-order valence-electron chi connectivity index (χ2n) is 8.41. The number of hydrogen-bond acceptors (Lipinski definition) is 3. The van der Waals surface area contributed by atoms with E-state index >= 15 is 0 Å². The third-order valence-electron chi connectivity index (χ3n) is 4.10. The van der Waals surface area contributed by atoms with Crippen LogP contribution in [0.4, 0.5) is 0 Å². The Labute approximate surface area is 151 Å². The summed E-state index contributed by atoms with van der Waals surface area (Å²) in [5.74, 6) is 0.344. The molecular weight excluding hydrogens is 331 g/mol. The maximum atomic E-state index is 12.3. The maximum absolute atomic E-state index is 12.3. The van der Waals surface area contributed by atoms with E-state index in [9.17, 15) is 9.67 Å². The van der Waals surface area contributed by atoms with Gasteiger partial charge in [-0.25, -0.2) is 0 Å². The van der Waals surface area contributed by atoms with Crippen molar-refractivity contribution in [2.75, 3.05) is 0 Å². The molecule has 0 aliphatic carbocycles. The van der Waals surface area contributed by atoms with E-state index < -0.39 is 8.03 Å². The van der Waals surface area contributed by atoms with Gasteiger partial charge in [-0.1, -0.05) is 59.7 Å². The summed E-state index contributed by atoms with van der Waals surface area (Å²) in [6.45, 7) is 12.7. The van der Waals surface area contributed by atoms with Crippen LogP contribution in [-0.2, 0) is 26.5 Å². The van der Waals surface area contributed by atoms with Gasteiger partial charge < -0.3 is 5.11 Å². The molecule has 0 spiro atoms. The number of rotatable bonds is 4. The molecular formula is C21H28O3P+. The van der Waals surface area contributed by atoms with Crippen LogP contribution in [0.3, 0.4) is 0 Å². The molecule has 134 valence electrons. The minimum Gasteiger partial charge on any atom is -0.507 e. The molecule has 0 aliphatic rings. The molecule has 0 aromatic heterocycles. The highest BCUT2D eigenvalue weighted by molar-refractivity contribution is 7.48. The molecule has 0 fully saturated rings. The third-order valence-corrected chi connectivity index (χ3v) is 5.18. The molecule has 4 heteroatoms. The van der Waals surface area contributed by atoms with E-state index in [-0.39, 0.29) is 17.4 Å². The van der Waals surface area contributed by atoms with Crippen molar-refractivity contribution < 1.29 is 14.2 Å². The minimum atomic E-state index is -1.89. The lowest BCUT2D eigenvalue weighted by molar-refractivity contribution is 0.323. The largest absolute Gasteiger partial charge is 0.549 e. The molecule has 1 N–H and O–H groups in total. The molecule has 25 heavy (non-hydrogen) atoms. The van der Waals surface area contributed by atoms with Crippen LogP contribution < -0.4 is 5.30 Å². The lowest BCUT2D eigenvalue weighted by Gasteiger charge is -2.28. The van der Waals surface area contributed by atoms with Gasteiger partial charge in [-0.2, -0.15) is 0 Å². The molecule has 0 bridgehead atoms. The van der Waals surface area contributed by atoms with Crippen molar-refractivity contribution in [3.8, 4) is 5.75 Å². The van der Waals surface area contributed by atoms with Crippen molar-refractivity contribution in [1.29, 1.82) is 0 Å². The van der Waals surface area contributed by atoms with Gasteiger partial charge in [0, 0.05) is 0 Å². The lowest BCUT2D eigenvalue weighted by atomic mass is 9.78. The molecule has 1 atom stereocenters. The first kappa shape index (κ1) is 19.6. The fraction of sp³-hybridized carbons (Fsp3) is 0.429. The van der Waals surface area contributed by atoms with Crippen LogP contribution >= 0.6 is 8.03 Å². The van der Waals surface area contributed by atoms with Crippen molar-refractivity contribution >= 4 is 13.3 Å². The summed E-state index contributed by atoms with van der Waals surface area (Å²) in [5.41, 5.74) is 2.30. The van der Waals surface area contributed by atoms with E-state index in [0.717, 1.165) is 16.7 Å². The Hall–Kier alpha value is -1.70.